The van der Waals surface area contributed by atoms with Crippen LogP contribution in [0.4, 0.5) is 5.69 Å². The summed E-state index contributed by atoms with van der Waals surface area (Å²) in [5, 5.41) is 2.88. The zero-order valence-corrected chi connectivity index (χ0v) is 11.9. The fraction of sp³-hybridized carbons (Fsp3) is 0.438. The number of hydrogen-bond acceptors (Lipinski definition) is 1. The molecule has 0 aliphatic heterocycles. The molecule has 1 aromatic rings. The molecule has 0 radical (unpaired) electrons. The van der Waals surface area contributed by atoms with Gasteiger partial charge < -0.3 is 5.32 Å². The fourth-order valence-corrected chi connectivity index (χ4v) is 1.31. The van der Waals surface area contributed by atoms with Gasteiger partial charge in [0.1, 0.15) is 0 Å². The van der Waals surface area contributed by atoms with Crippen LogP contribution in [0.1, 0.15) is 40.2 Å². The van der Waals surface area contributed by atoms with Gasteiger partial charge in [-0.05, 0) is 23.1 Å². The molecule has 1 amide bonds. The van der Waals surface area contributed by atoms with Crippen LogP contribution in [0.25, 0.3) is 6.08 Å². The second kappa shape index (κ2) is 5.85. The Labute approximate surface area is 110 Å². The lowest BCUT2D eigenvalue weighted by Crippen LogP contribution is -2.17. The average Bonchev–Trinajstić information content (AvgIpc) is 2.27. The van der Waals surface area contributed by atoms with E-state index in [-0.39, 0.29) is 17.2 Å². The zero-order valence-electron chi connectivity index (χ0n) is 11.9. The van der Waals surface area contributed by atoms with Gasteiger partial charge in [-0.3, -0.25) is 4.79 Å². The highest BCUT2D eigenvalue weighted by atomic mass is 16.1. The Morgan fingerprint density at radius 3 is 2.17 bits per heavy atom. The molecule has 18 heavy (non-hydrogen) atoms. The van der Waals surface area contributed by atoms with Gasteiger partial charge in [0.05, 0.1) is 0 Å². The molecule has 0 fully saturated rings. The van der Waals surface area contributed by atoms with Crippen LogP contribution in [-0.2, 0) is 4.79 Å². The van der Waals surface area contributed by atoms with Gasteiger partial charge in [0, 0.05) is 11.6 Å². The standard InChI is InChI=1S/C16H23NO/c1-12(2)15(18)17-14-8-6-13(7-9-14)10-11-16(3,4)5/h6-12H,1-5H3,(H,17,18)/b11-10+. The molecule has 2 heteroatoms. The molecule has 0 saturated heterocycles. The highest BCUT2D eigenvalue weighted by Gasteiger charge is 2.06. The van der Waals surface area contributed by atoms with Gasteiger partial charge in [0.2, 0.25) is 5.91 Å². The van der Waals surface area contributed by atoms with Crippen molar-refractivity contribution in [3.8, 4) is 0 Å². The van der Waals surface area contributed by atoms with E-state index < -0.39 is 0 Å². The van der Waals surface area contributed by atoms with Crippen molar-refractivity contribution in [1.82, 2.24) is 0 Å². The van der Waals surface area contributed by atoms with Crippen molar-refractivity contribution >= 4 is 17.7 Å². The largest absolute Gasteiger partial charge is 0.326 e. The SMILES string of the molecule is CC(C)C(=O)Nc1ccc(/C=C/C(C)(C)C)cc1. The van der Waals surface area contributed by atoms with Crippen molar-refractivity contribution in [3.63, 3.8) is 0 Å². The van der Waals surface area contributed by atoms with E-state index in [2.05, 4.69) is 38.2 Å². The van der Waals surface area contributed by atoms with Crippen molar-refractivity contribution in [1.29, 1.82) is 0 Å². The Kier molecular flexibility index (Phi) is 4.71. The van der Waals surface area contributed by atoms with Crippen LogP contribution in [0.3, 0.4) is 0 Å². The summed E-state index contributed by atoms with van der Waals surface area (Å²) in [5.74, 6) is 0.0541. The molecule has 1 rings (SSSR count). The topological polar surface area (TPSA) is 29.1 Å². The van der Waals surface area contributed by atoms with Gasteiger partial charge in [-0.15, -0.1) is 0 Å². The molecule has 98 valence electrons. The smallest absolute Gasteiger partial charge is 0.226 e. The van der Waals surface area contributed by atoms with E-state index in [0.717, 1.165) is 11.3 Å². The molecule has 0 aliphatic rings. The second-order valence-electron chi connectivity index (χ2n) is 5.97. The number of nitrogens with one attached hydrogen (secondary N) is 1. The predicted molar refractivity (Wildman–Crippen MR) is 78.4 cm³/mol. The van der Waals surface area contributed by atoms with Crippen molar-refractivity contribution in [2.45, 2.75) is 34.6 Å². The van der Waals surface area contributed by atoms with E-state index in [4.69, 9.17) is 0 Å². The summed E-state index contributed by atoms with van der Waals surface area (Å²) in [6, 6.07) is 7.89. The van der Waals surface area contributed by atoms with Crippen LogP contribution in [0.2, 0.25) is 0 Å². The van der Waals surface area contributed by atoms with E-state index >= 15 is 0 Å². The van der Waals surface area contributed by atoms with Gasteiger partial charge in [-0.1, -0.05) is 58.9 Å². The minimum absolute atomic E-state index is 0.00506. The Morgan fingerprint density at radius 2 is 1.72 bits per heavy atom. The van der Waals surface area contributed by atoms with Crippen LogP contribution in [0.5, 0.6) is 0 Å². The van der Waals surface area contributed by atoms with Gasteiger partial charge in [0.25, 0.3) is 0 Å². The summed E-state index contributed by atoms with van der Waals surface area (Å²) >= 11 is 0. The number of amides is 1. The first-order chi connectivity index (χ1) is 8.28. The summed E-state index contributed by atoms with van der Waals surface area (Å²) in [4.78, 5) is 11.5. The van der Waals surface area contributed by atoms with E-state index in [1.165, 1.54) is 0 Å². The maximum absolute atomic E-state index is 11.5. The van der Waals surface area contributed by atoms with E-state index in [9.17, 15) is 4.79 Å². The Bertz CT molecular complexity index is 421. The highest BCUT2D eigenvalue weighted by Crippen LogP contribution is 2.18. The maximum atomic E-state index is 11.5. The third-order valence-corrected chi connectivity index (χ3v) is 2.48. The lowest BCUT2D eigenvalue weighted by molar-refractivity contribution is -0.118. The van der Waals surface area contributed by atoms with Gasteiger partial charge in [-0.2, -0.15) is 0 Å². The monoisotopic (exact) mass is 245 g/mol. The third-order valence-electron chi connectivity index (χ3n) is 2.48. The molecule has 0 bridgehead atoms. The first-order valence-electron chi connectivity index (χ1n) is 6.38. The number of carbonyl (C=O) groups is 1. The molecule has 2 nitrogen and oxygen atoms in total. The normalized spacial score (nSPS) is 12.1. The third kappa shape index (κ3) is 5.17. The quantitative estimate of drug-likeness (QED) is 0.843. The summed E-state index contributed by atoms with van der Waals surface area (Å²) in [5.41, 5.74) is 2.18. The molecule has 0 aliphatic carbocycles. The van der Waals surface area contributed by atoms with Crippen molar-refractivity contribution in [3.05, 3.63) is 35.9 Å². The minimum Gasteiger partial charge on any atom is -0.326 e. The molecule has 0 atom stereocenters. The molecule has 0 aromatic heterocycles. The molecule has 0 unspecified atom stereocenters. The average molecular weight is 245 g/mol. The van der Waals surface area contributed by atoms with Crippen molar-refractivity contribution < 1.29 is 4.79 Å². The highest BCUT2D eigenvalue weighted by molar-refractivity contribution is 5.92. The summed E-state index contributed by atoms with van der Waals surface area (Å²) in [7, 11) is 0. The maximum Gasteiger partial charge on any atom is 0.226 e. The first-order valence-corrected chi connectivity index (χ1v) is 6.38. The summed E-state index contributed by atoms with van der Waals surface area (Å²) in [6.45, 7) is 10.3. The van der Waals surface area contributed by atoms with E-state index in [1.54, 1.807) is 0 Å². The fourth-order valence-electron chi connectivity index (χ4n) is 1.31. The van der Waals surface area contributed by atoms with Gasteiger partial charge in [0.15, 0.2) is 0 Å². The molecular weight excluding hydrogens is 222 g/mol. The molecule has 0 saturated carbocycles. The number of anilines is 1. The lowest BCUT2D eigenvalue weighted by atomic mass is 9.95. The summed E-state index contributed by atoms with van der Waals surface area (Å²) in [6.07, 6.45) is 4.28. The van der Waals surface area contributed by atoms with E-state index in [0.29, 0.717) is 0 Å². The predicted octanol–water partition coefficient (Wildman–Crippen LogP) is 4.34. The van der Waals surface area contributed by atoms with Crippen LogP contribution in [0, 0.1) is 11.3 Å². The number of hydrogen-bond donors (Lipinski definition) is 1. The molecular formula is C16H23NO. The number of allylic oxidation sites excluding steroid dienone is 1. The molecule has 1 N–H and O–H groups in total. The molecule has 1 aromatic carbocycles. The van der Waals surface area contributed by atoms with Crippen molar-refractivity contribution in [2.24, 2.45) is 11.3 Å². The number of carbonyl (C=O) groups excluding carboxylic acids is 1. The lowest BCUT2D eigenvalue weighted by Gasteiger charge is -2.11. The number of benzene rings is 1. The Hall–Kier alpha value is -1.57. The molecule has 0 spiro atoms. The molecule has 0 heterocycles. The first kappa shape index (κ1) is 14.5. The van der Waals surface area contributed by atoms with Gasteiger partial charge in [-0.25, -0.2) is 0 Å². The van der Waals surface area contributed by atoms with E-state index in [1.807, 2.05) is 38.1 Å². The van der Waals surface area contributed by atoms with Crippen LogP contribution in [-0.4, -0.2) is 5.91 Å². The van der Waals surface area contributed by atoms with Crippen molar-refractivity contribution in [2.75, 3.05) is 5.32 Å². The number of rotatable bonds is 3. The van der Waals surface area contributed by atoms with Gasteiger partial charge >= 0.3 is 0 Å². The second-order valence-corrected chi connectivity index (χ2v) is 5.97. The summed E-state index contributed by atoms with van der Waals surface area (Å²) < 4.78 is 0. The van der Waals surface area contributed by atoms with Crippen LogP contribution in [0.15, 0.2) is 30.3 Å². The Morgan fingerprint density at radius 1 is 1.17 bits per heavy atom. The minimum atomic E-state index is 0.00506. The van der Waals surface area contributed by atoms with Crippen LogP contribution >= 0.6 is 0 Å². The zero-order chi connectivity index (χ0) is 13.8. The Balaban J connectivity index is 2.69. The van der Waals surface area contributed by atoms with Crippen LogP contribution < -0.4 is 5.32 Å².